The molecule has 1 fully saturated rings. The Morgan fingerprint density at radius 3 is 2.15 bits per heavy atom. The number of benzene rings is 3. The van der Waals surface area contributed by atoms with Crippen LogP contribution in [0.2, 0.25) is 0 Å². The number of nitrogens with zero attached hydrogens (tertiary/aromatic N) is 3. The summed E-state index contributed by atoms with van der Waals surface area (Å²) in [5.74, 6) is 0.288. The molecule has 0 saturated carbocycles. The molecule has 3 aromatic carbocycles. The number of para-hydroxylation sites is 1. The fourth-order valence-corrected chi connectivity index (χ4v) is 5.26. The third-order valence-electron chi connectivity index (χ3n) is 6.05. The molecule has 1 amide bonds. The fourth-order valence-electron chi connectivity index (χ4n) is 4.30. The lowest BCUT2D eigenvalue weighted by Crippen LogP contribution is -2.27. The van der Waals surface area contributed by atoms with E-state index in [1.165, 1.54) is 22.4 Å². The number of aromatic nitrogens is 1. The van der Waals surface area contributed by atoms with Crippen molar-refractivity contribution in [2.24, 2.45) is 4.99 Å². The van der Waals surface area contributed by atoms with Gasteiger partial charge in [0.05, 0.1) is 11.4 Å². The Morgan fingerprint density at radius 2 is 1.45 bits per heavy atom. The molecular weight excluding hydrogens is 426 g/mol. The minimum Gasteiger partial charge on any atom is -0.343 e. The third-order valence-corrected chi connectivity index (χ3v) is 6.91. The number of thiazole rings is 1. The van der Waals surface area contributed by atoms with Gasteiger partial charge in [-0.1, -0.05) is 72.8 Å². The van der Waals surface area contributed by atoms with Gasteiger partial charge in [0.25, 0.3) is 0 Å². The highest BCUT2D eigenvalue weighted by atomic mass is 32.1. The van der Waals surface area contributed by atoms with E-state index in [2.05, 4.69) is 58.5 Å². The van der Waals surface area contributed by atoms with Crippen molar-refractivity contribution in [1.29, 1.82) is 0 Å². The molecule has 5 rings (SSSR count). The van der Waals surface area contributed by atoms with Gasteiger partial charge in [-0.25, -0.2) is 4.99 Å². The predicted octanol–water partition coefficient (Wildman–Crippen LogP) is 6.13. The molecule has 0 unspecified atom stereocenters. The van der Waals surface area contributed by atoms with E-state index in [4.69, 9.17) is 4.99 Å². The first-order valence-electron chi connectivity index (χ1n) is 11.5. The van der Waals surface area contributed by atoms with Crippen molar-refractivity contribution in [1.82, 2.24) is 9.47 Å². The standard InChI is InChI=1S/C28H27N3OS/c32-27-13-7-18-30(27)19-8-20-31-26(21-33-28(31)29-25-11-5-2-6-12-25)24-16-14-23(15-17-24)22-9-3-1-4-10-22/h1-6,9-12,14-17,21H,7-8,13,18-20H2. The molecule has 2 heterocycles. The summed E-state index contributed by atoms with van der Waals surface area (Å²) in [4.78, 5) is 19.9. The minimum atomic E-state index is 0.288. The summed E-state index contributed by atoms with van der Waals surface area (Å²) in [6.07, 6.45) is 2.59. The van der Waals surface area contributed by atoms with Crippen LogP contribution >= 0.6 is 11.3 Å². The van der Waals surface area contributed by atoms with Crippen molar-refractivity contribution >= 4 is 22.9 Å². The number of carbonyl (C=O) groups is 1. The maximum Gasteiger partial charge on any atom is 0.222 e. The summed E-state index contributed by atoms with van der Waals surface area (Å²) in [5, 5.41) is 2.19. The molecule has 0 aliphatic carbocycles. The van der Waals surface area contributed by atoms with Crippen molar-refractivity contribution < 1.29 is 4.79 Å². The van der Waals surface area contributed by atoms with Crippen LogP contribution in [0.4, 0.5) is 5.69 Å². The average Bonchev–Trinajstić information content (AvgIpc) is 3.46. The quantitative estimate of drug-likeness (QED) is 0.332. The van der Waals surface area contributed by atoms with Crippen LogP contribution in [0.5, 0.6) is 0 Å². The van der Waals surface area contributed by atoms with Gasteiger partial charge in [-0.15, -0.1) is 11.3 Å². The Balaban J connectivity index is 1.45. The molecule has 5 heteroatoms. The zero-order valence-electron chi connectivity index (χ0n) is 18.6. The van der Waals surface area contributed by atoms with Crippen molar-refractivity contribution in [3.05, 3.63) is 95.1 Å². The van der Waals surface area contributed by atoms with Gasteiger partial charge >= 0.3 is 0 Å². The normalized spacial score (nSPS) is 14.2. The van der Waals surface area contributed by atoms with Gasteiger partial charge in [0.2, 0.25) is 5.91 Å². The first-order chi connectivity index (χ1) is 16.3. The van der Waals surface area contributed by atoms with Crippen LogP contribution < -0.4 is 4.80 Å². The molecule has 166 valence electrons. The molecule has 4 nitrogen and oxygen atoms in total. The molecule has 0 radical (unpaired) electrons. The number of amides is 1. The topological polar surface area (TPSA) is 37.6 Å². The molecule has 0 bridgehead atoms. The van der Waals surface area contributed by atoms with Crippen LogP contribution in [0.25, 0.3) is 22.4 Å². The molecule has 1 aliphatic rings. The van der Waals surface area contributed by atoms with Crippen LogP contribution in [0, 0.1) is 0 Å². The molecule has 4 aromatic rings. The Hall–Kier alpha value is -3.44. The van der Waals surface area contributed by atoms with Crippen LogP contribution in [0.3, 0.4) is 0 Å². The van der Waals surface area contributed by atoms with Gasteiger partial charge in [0.1, 0.15) is 0 Å². The molecular formula is C28H27N3OS. The lowest BCUT2D eigenvalue weighted by molar-refractivity contribution is -0.127. The largest absolute Gasteiger partial charge is 0.343 e. The van der Waals surface area contributed by atoms with Gasteiger partial charge < -0.3 is 9.47 Å². The van der Waals surface area contributed by atoms with Gasteiger partial charge in [-0.3, -0.25) is 4.79 Å². The van der Waals surface area contributed by atoms with E-state index >= 15 is 0 Å². The Bertz CT molecular complexity index is 1270. The zero-order valence-corrected chi connectivity index (χ0v) is 19.4. The number of rotatable bonds is 7. The number of hydrogen-bond acceptors (Lipinski definition) is 3. The van der Waals surface area contributed by atoms with Crippen molar-refractivity contribution in [3.63, 3.8) is 0 Å². The number of carbonyl (C=O) groups excluding carboxylic acids is 1. The summed E-state index contributed by atoms with van der Waals surface area (Å²) >= 11 is 1.67. The maximum atomic E-state index is 12.0. The Kier molecular flexibility index (Phi) is 6.49. The monoisotopic (exact) mass is 453 g/mol. The van der Waals surface area contributed by atoms with Crippen molar-refractivity contribution in [2.45, 2.75) is 25.8 Å². The SMILES string of the molecule is O=C1CCCN1CCCn1c(-c2ccc(-c3ccccc3)cc2)csc1=Nc1ccccc1. The first-order valence-corrected chi connectivity index (χ1v) is 12.4. The highest BCUT2D eigenvalue weighted by molar-refractivity contribution is 7.07. The lowest BCUT2D eigenvalue weighted by Gasteiger charge is -2.16. The smallest absolute Gasteiger partial charge is 0.222 e. The van der Waals surface area contributed by atoms with E-state index in [0.717, 1.165) is 43.0 Å². The van der Waals surface area contributed by atoms with Crippen molar-refractivity contribution in [3.8, 4) is 22.4 Å². The molecule has 33 heavy (non-hydrogen) atoms. The summed E-state index contributed by atoms with van der Waals surface area (Å²) in [5.41, 5.74) is 5.73. The molecule has 1 saturated heterocycles. The van der Waals surface area contributed by atoms with Gasteiger partial charge in [0, 0.05) is 31.4 Å². The van der Waals surface area contributed by atoms with Crippen LogP contribution in [0.15, 0.2) is 95.3 Å². The van der Waals surface area contributed by atoms with E-state index in [1.807, 2.05) is 41.3 Å². The van der Waals surface area contributed by atoms with E-state index in [9.17, 15) is 4.79 Å². The zero-order chi connectivity index (χ0) is 22.5. The Labute approximate surface area is 198 Å². The number of hydrogen-bond donors (Lipinski definition) is 0. The second kappa shape index (κ2) is 10.0. The van der Waals surface area contributed by atoms with E-state index < -0.39 is 0 Å². The van der Waals surface area contributed by atoms with Gasteiger partial charge in [-0.05, 0) is 41.7 Å². The molecule has 1 aromatic heterocycles. The second-order valence-corrected chi connectivity index (χ2v) is 9.12. The second-order valence-electron chi connectivity index (χ2n) is 8.28. The minimum absolute atomic E-state index is 0.288. The van der Waals surface area contributed by atoms with Gasteiger partial charge in [-0.2, -0.15) is 0 Å². The Morgan fingerprint density at radius 1 is 0.788 bits per heavy atom. The van der Waals surface area contributed by atoms with E-state index in [0.29, 0.717) is 6.42 Å². The summed E-state index contributed by atoms with van der Waals surface area (Å²) < 4.78 is 2.30. The van der Waals surface area contributed by atoms with E-state index in [1.54, 1.807) is 11.3 Å². The van der Waals surface area contributed by atoms with Crippen LogP contribution in [-0.2, 0) is 11.3 Å². The maximum absolute atomic E-state index is 12.0. The number of likely N-dealkylation sites (tertiary alicyclic amines) is 1. The molecule has 1 aliphatic heterocycles. The molecule has 0 atom stereocenters. The fraction of sp³-hybridized carbons (Fsp3) is 0.214. The average molecular weight is 454 g/mol. The van der Waals surface area contributed by atoms with E-state index in [-0.39, 0.29) is 5.91 Å². The highest BCUT2D eigenvalue weighted by Gasteiger charge is 2.19. The molecule has 0 spiro atoms. The summed E-state index contributed by atoms with van der Waals surface area (Å²) in [6.45, 7) is 2.52. The van der Waals surface area contributed by atoms with Crippen LogP contribution in [-0.4, -0.2) is 28.5 Å². The predicted molar refractivity (Wildman–Crippen MR) is 135 cm³/mol. The highest BCUT2D eigenvalue weighted by Crippen LogP contribution is 2.26. The van der Waals surface area contributed by atoms with Gasteiger partial charge in [0.15, 0.2) is 4.80 Å². The third kappa shape index (κ3) is 4.99. The van der Waals surface area contributed by atoms with Crippen LogP contribution in [0.1, 0.15) is 19.3 Å². The summed E-state index contributed by atoms with van der Waals surface area (Å²) in [7, 11) is 0. The molecule has 0 N–H and O–H groups in total. The first kappa shape index (κ1) is 21.4. The summed E-state index contributed by atoms with van der Waals surface area (Å²) in [6, 6.07) is 29.3. The lowest BCUT2D eigenvalue weighted by atomic mass is 10.0. The van der Waals surface area contributed by atoms with Crippen molar-refractivity contribution in [2.75, 3.05) is 13.1 Å².